The molecule has 1 aliphatic rings. The average molecular weight is 481 g/mol. The summed E-state index contributed by atoms with van der Waals surface area (Å²) in [5.74, 6) is -1.48. The normalized spacial score (nSPS) is 14.7. The van der Waals surface area contributed by atoms with Crippen molar-refractivity contribution in [2.75, 3.05) is 18.4 Å². The number of hydrogen-bond acceptors (Lipinski definition) is 7. The van der Waals surface area contributed by atoms with E-state index in [2.05, 4.69) is 5.32 Å². The van der Waals surface area contributed by atoms with Crippen molar-refractivity contribution in [3.63, 3.8) is 0 Å². The first-order valence-corrected chi connectivity index (χ1v) is 11.4. The average Bonchev–Trinajstić information content (AvgIpc) is 3.38. The molecule has 1 fully saturated rings. The summed E-state index contributed by atoms with van der Waals surface area (Å²) in [6.45, 7) is 0.369. The lowest BCUT2D eigenvalue weighted by Gasteiger charge is -2.17. The highest BCUT2D eigenvalue weighted by Crippen LogP contribution is 2.29. The Labute approximate surface area is 186 Å². The fourth-order valence-electron chi connectivity index (χ4n) is 3.51. The molecule has 0 radical (unpaired) electrons. The van der Waals surface area contributed by atoms with Gasteiger partial charge in [0, 0.05) is 24.8 Å². The van der Waals surface area contributed by atoms with Gasteiger partial charge in [-0.05, 0) is 37.1 Å². The minimum absolute atomic E-state index is 0.0255. The summed E-state index contributed by atoms with van der Waals surface area (Å²) >= 11 is 6.11. The SMILES string of the molecule is O=C(Cn1c(=O)oc2cc([N+](=O)[O-])ccc21)Nc1ccc(Cl)c(S(=O)(=O)N2CCCC2)c1. The molecule has 0 saturated carbocycles. The van der Waals surface area contributed by atoms with Crippen LogP contribution >= 0.6 is 11.6 Å². The Hall–Kier alpha value is -3.22. The van der Waals surface area contributed by atoms with Crippen LogP contribution in [0.25, 0.3) is 11.1 Å². The van der Waals surface area contributed by atoms with Gasteiger partial charge in [-0.2, -0.15) is 4.31 Å². The molecule has 1 aromatic heterocycles. The molecule has 2 heterocycles. The Morgan fingerprint density at radius 1 is 1.19 bits per heavy atom. The maximum Gasteiger partial charge on any atom is 0.420 e. The summed E-state index contributed by atoms with van der Waals surface area (Å²) in [7, 11) is -3.80. The van der Waals surface area contributed by atoms with E-state index >= 15 is 0 Å². The van der Waals surface area contributed by atoms with Crippen LogP contribution in [0.1, 0.15) is 12.8 Å². The molecule has 32 heavy (non-hydrogen) atoms. The van der Waals surface area contributed by atoms with Gasteiger partial charge in [-0.1, -0.05) is 11.6 Å². The highest BCUT2D eigenvalue weighted by molar-refractivity contribution is 7.89. The number of nitrogens with one attached hydrogen (secondary N) is 1. The van der Waals surface area contributed by atoms with E-state index in [0.717, 1.165) is 23.5 Å². The zero-order chi connectivity index (χ0) is 23.0. The summed E-state index contributed by atoms with van der Waals surface area (Å²) in [5, 5.41) is 13.5. The molecule has 1 saturated heterocycles. The molecule has 0 atom stereocenters. The van der Waals surface area contributed by atoms with E-state index < -0.39 is 33.2 Å². The van der Waals surface area contributed by atoms with E-state index in [4.69, 9.17) is 16.0 Å². The standard InChI is InChI=1S/C19H17ClN4O7S/c20-14-5-3-12(9-17(14)32(29,30)22-7-1-2-8-22)21-18(25)11-23-15-6-4-13(24(27)28)10-16(15)31-19(23)26/h3-6,9-10H,1-2,7-8,11H2,(H,21,25). The molecule has 1 N–H and O–H groups in total. The Morgan fingerprint density at radius 3 is 2.59 bits per heavy atom. The molecule has 13 heteroatoms. The summed E-state index contributed by atoms with van der Waals surface area (Å²) < 4.78 is 33.0. The highest BCUT2D eigenvalue weighted by Gasteiger charge is 2.29. The van der Waals surface area contributed by atoms with Crippen molar-refractivity contribution < 1.29 is 22.6 Å². The van der Waals surface area contributed by atoms with Crippen molar-refractivity contribution in [2.45, 2.75) is 24.3 Å². The second kappa shape index (κ2) is 8.37. The number of carbonyl (C=O) groups excluding carboxylic acids is 1. The van der Waals surface area contributed by atoms with Crippen molar-refractivity contribution in [3.8, 4) is 0 Å². The van der Waals surface area contributed by atoms with Crippen LogP contribution in [0.15, 0.2) is 50.5 Å². The molecule has 168 valence electrons. The number of hydrogen-bond donors (Lipinski definition) is 1. The van der Waals surface area contributed by atoms with Gasteiger partial charge in [-0.25, -0.2) is 13.2 Å². The van der Waals surface area contributed by atoms with Gasteiger partial charge in [0.15, 0.2) is 5.58 Å². The quantitative estimate of drug-likeness (QED) is 0.421. The van der Waals surface area contributed by atoms with Gasteiger partial charge in [0.1, 0.15) is 11.4 Å². The van der Waals surface area contributed by atoms with Crippen LogP contribution in [0.4, 0.5) is 11.4 Å². The first-order valence-electron chi connectivity index (χ1n) is 9.54. The molecular formula is C19H17ClN4O7S. The molecule has 11 nitrogen and oxygen atoms in total. The van der Waals surface area contributed by atoms with E-state index in [1.165, 1.54) is 34.6 Å². The van der Waals surface area contributed by atoms with Gasteiger partial charge in [0.2, 0.25) is 15.9 Å². The van der Waals surface area contributed by atoms with Crippen LogP contribution in [-0.2, 0) is 21.4 Å². The number of nitro benzene ring substituents is 1. The fraction of sp³-hybridized carbons (Fsp3) is 0.263. The van der Waals surface area contributed by atoms with Crippen molar-refractivity contribution in [1.82, 2.24) is 8.87 Å². The fourth-order valence-corrected chi connectivity index (χ4v) is 5.53. The Bertz CT molecular complexity index is 1390. The first kappa shape index (κ1) is 22.0. The molecule has 3 aromatic rings. The number of amides is 1. The van der Waals surface area contributed by atoms with E-state index in [9.17, 15) is 28.1 Å². The van der Waals surface area contributed by atoms with E-state index in [1.54, 1.807) is 0 Å². The number of carbonyl (C=O) groups is 1. The topological polar surface area (TPSA) is 145 Å². The number of sulfonamides is 1. The lowest BCUT2D eigenvalue weighted by atomic mass is 10.3. The zero-order valence-electron chi connectivity index (χ0n) is 16.5. The molecule has 0 aliphatic carbocycles. The van der Waals surface area contributed by atoms with Crippen LogP contribution in [0.3, 0.4) is 0 Å². The highest BCUT2D eigenvalue weighted by atomic mass is 35.5. The van der Waals surface area contributed by atoms with Gasteiger partial charge in [0.05, 0.1) is 21.5 Å². The van der Waals surface area contributed by atoms with Gasteiger partial charge in [-0.3, -0.25) is 19.5 Å². The lowest BCUT2D eigenvalue weighted by Crippen LogP contribution is -2.28. The Morgan fingerprint density at radius 2 is 1.91 bits per heavy atom. The number of oxazole rings is 1. The molecule has 0 spiro atoms. The van der Waals surface area contributed by atoms with E-state index in [-0.39, 0.29) is 32.4 Å². The van der Waals surface area contributed by atoms with E-state index in [1.807, 2.05) is 0 Å². The molecule has 0 bridgehead atoms. The van der Waals surface area contributed by atoms with Crippen molar-refractivity contribution in [2.24, 2.45) is 0 Å². The summed E-state index contributed by atoms with van der Waals surface area (Å²) in [6.07, 6.45) is 1.54. The second-order valence-corrected chi connectivity index (χ2v) is 9.48. The van der Waals surface area contributed by atoms with Gasteiger partial charge >= 0.3 is 5.76 Å². The summed E-state index contributed by atoms with van der Waals surface area (Å²) in [6, 6.07) is 7.70. The maximum atomic E-state index is 12.8. The zero-order valence-corrected chi connectivity index (χ0v) is 18.1. The Kier molecular flexibility index (Phi) is 5.75. The lowest BCUT2D eigenvalue weighted by molar-refractivity contribution is -0.384. The number of halogens is 1. The first-order chi connectivity index (χ1) is 15.2. The molecule has 1 aliphatic heterocycles. The molecule has 4 rings (SSSR count). The van der Waals surface area contributed by atoms with Crippen molar-refractivity contribution in [3.05, 3.63) is 62.1 Å². The smallest absolute Gasteiger partial charge is 0.407 e. The number of nitro groups is 1. The predicted octanol–water partition coefficient (Wildman–Crippen LogP) is 2.58. The number of benzene rings is 2. The van der Waals surface area contributed by atoms with Gasteiger partial charge < -0.3 is 9.73 Å². The van der Waals surface area contributed by atoms with Crippen LogP contribution in [-0.4, -0.2) is 41.2 Å². The number of rotatable bonds is 6. The van der Waals surface area contributed by atoms with Crippen molar-refractivity contribution >= 4 is 50.0 Å². The third kappa shape index (κ3) is 4.11. The number of anilines is 1. The second-order valence-electron chi connectivity index (χ2n) is 7.17. The Balaban J connectivity index is 1.57. The van der Waals surface area contributed by atoms with Gasteiger partial charge in [0.25, 0.3) is 5.69 Å². The third-order valence-electron chi connectivity index (χ3n) is 5.06. The van der Waals surface area contributed by atoms with E-state index in [0.29, 0.717) is 13.1 Å². The van der Waals surface area contributed by atoms with Crippen LogP contribution in [0, 0.1) is 10.1 Å². The molecule has 1 amide bonds. The number of fused-ring (bicyclic) bond motifs is 1. The van der Waals surface area contributed by atoms with Gasteiger partial charge in [-0.15, -0.1) is 0 Å². The number of aromatic nitrogens is 1. The van der Waals surface area contributed by atoms with Crippen LogP contribution < -0.4 is 11.1 Å². The number of non-ortho nitro benzene ring substituents is 1. The molecule has 0 unspecified atom stereocenters. The predicted molar refractivity (Wildman–Crippen MR) is 115 cm³/mol. The van der Waals surface area contributed by atoms with Crippen LogP contribution in [0.5, 0.6) is 0 Å². The minimum atomic E-state index is -3.80. The number of nitrogens with zero attached hydrogens (tertiary/aromatic N) is 3. The maximum absolute atomic E-state index is 12.8. The third-order valence-corrected chi connectivity index (χ3v) is 7.44. The molecular weight excluding hydrogens is 464 g/mol. The van der Waals surface area contributed by atoms with Crippen molar-refractivity contribution in [1.29, 1.82) is 0 Å². The summed E-state index contributed by atoms with van der Waals surface area (Å²) in [5.41, 5.74) is 0.121. The van der Waals surface area contributed by atoms with Crippen LogP contribution in [0.2, 0.25) is 5.02 Å². The monoisotopic (exact) mass is 480 g/mol. The minimum Gasteiger partial charge on any atom is -0.407 e. The summed E-state index contributed by atoms with van der Waals surface area (Å²) in [4.78, 5) is 34.8. The largest absolute Gasteiger partial charge is 0.420 e. The molecule has 2 aromatic carbocycles.